The Morgan fingerprint density at radius 2 is 0.672 bits per heavy atom. The van der Waals surface area contributed by atoms with Crippen molar-refractivity contribution in [3.8, 4) is 56.0 Å². The Bertz CT molecular complexity index is 3370. The van der Waals surface area contributed by atoms with Crippen LogP contribution in [0.25, 0.3) is 44.5 Å². The molecule has 0 N–H and O–H groups in total. The zero-order valence-corrected chi connectivity index (χ0v) is 34.9. The fourth-order valence-electron chi connectivity index (χ4n) is 12.1. The molecule has 2 spiro atoms. The van der Waals surface area contributed by atoms with Crippen LogP contribution in [-0.4, -0.2) is 0 Å². The van der Waals surface area contributed by atoms with E-state index in [9.17, 15) is 0 Å². The van der Waals surface area contributed by atoms with Gasteiger partial charge in [-0.3, -0.25) is 0 Å². The summed E-state index contributed by atoms with van der Waals surface area (Å²) >= 11 is 0. The maximum atomic E-state index is 6.87. The van der Waals surface area contributed by atoms with E-state index in [-0.39, 0.29) is 0 Å². The van der Waals surface area contributed by atoms with Crippen molar-refractivity contribution in [1.82, 2.24) is 0 Å². The molecule has 14 rings (SSSR count). The zero-order valence-electron chi connectivity index (χ0n) is 34.9. The highest BCUT2D eigenvalue weighted by molar-refractivity contribution is 6.03. The maximum absolute atomic E-state index is 6.87. The quantitative estimate of drug-likeness (QED) is 0.176. The number of rotatable bonds is 3. The number of benzene rings is 10. The summed E-state index contributed by atoms with van der Waals surface area (Å²) in [6.07, 6.45) is 0. The lowest BCUT2D eigenvalue weighted by atomic mass is 9.60. The van der Waals surface area contributed by atoms with Crippen molar-refractivity contribution in [2.24, 2.45) is 0 Å². The molecular formula is C62H39NO. The molecule has 0 fully saturated rings. The Kier molecular flexibility index (Phi) is 7.28. The molecule has 0 radical (unpaired) electrons. The van der Waals surface area contributed by atoms with Crippen molar-refractivity contribution in [3.63, 3.8) is 0 Å². The second kappa shape index (κ2) is 13.2. The molecule has 10 aromatic rings. The Hall–Kier alpha value is -8.20. The SMILES string of the molecule is c1ccc(-c2ccc3c(c2)C2(c4ccccc4Oc4ccccc42)c2cc(-c4ccccc4)ccc2N3c2cccc3c2-c2ccccc2C32c3ccccc3-c3ccccc32)cc1. The molecule has 0 aromatic heterocycles. The summed E-state index contributed by atoms with van der Waals surface area (Å²) in [6, 6.07) is 87.7. The van der Waals surface area contributed by atoms with E-state index in [4.69, 9.17) is 4.74 Å². The van der Waals surface area contributed by atoms with Gasteiger partial charge >= 0.3 is 0 Å². The van der Waals surface area contributed by atoms with Crippen molar-refractivity contribution in [3.05, 3.63) is 281 Å². The van der Waals surface area contributed by atoms with Crippen LogP contribution in [0.4, 0.5) is 17.1 Å². The lowest BCUT2D eigenvalue weighted by Gasteiger charge is -2.49. The van der Waals surface area contributed by atoms with E-state index in [1.807, 2.05) is 0 Å². The largest absolute Gasteiger partial charge is 0.457 e. The third-order valence-corrected chi connectivity index (χ3v) is 14.5. The first-order valence-electron chi connectivity index (χ1n) is 22.3. The van der Waals surface area contributed by atoms with Gasteiger partial charge in [0.2, 0.25) is 0 Å². The predicted octanol–water partition coefficient (Wildman–Crippen LogP) is 15.6. The summed E-state index contributed by atoms with van der Waals surface area (Å²) < 4.78 is 6.87. The average Bonchev–Trinajstić information content (AvgIpc) is 3.84. The van der Waals surface area contributed by atoms with E-state index in [1.54, 1.807) is 0 Å². The second-order valence-electron chi connectivity index (χ2n) is 17.5. The lowest BCUT2D eigenvalue weighted by Crippen LogP contribution is -2.40. The van der Waals surface area contributed by atoms with Crippen molar-refractivity contribution >= 4 is 17.1 Å². The Morgan fingerprint density at radius 3 is 1.20 bits per heavy atom. The van der Waals surface area contributed by atoms with Crippen LogP contribution in [0, 0.1) is 0 Å². The summed E-state index contributed by atoms with van der Waals surface area (Å²) in [5.74, 6) is 1.74. The normalized spacial score (nSPS) is 14.6. The van der Waals surface area contributed by atoms with E-state index in [0.717, 1.165) is 39.7 Å². The summed E-state index contributed by atoms with van der Waals surface area (Å²) in [5.41, 5.74) is 22.1. The molecule has 4 aliphatic rings. The van der Waals surface area contributed by atoms with E-state index < -0.39 is 10.8 Å². The van der Waals surface area contributed by atoms with Crippen LogP contribution in [0.2, 0.25) is 0 Å². The average molecular weight is 814 g/mol. The first-order chi connectivity index (χ1) is 31.8. The van der Waals surface area contributed by atoms with Gasteiger partial charge in [-0.15, -0.1) is 0 Å². The predicted molar refractivity (Wildman–Crippen MR) is 260 cm³/mol. The van der Waals surface area contributed by atoms with Crippen LogP contribution in [0.1, 0.15) is 44.5 Å². The molecule has 2 nitrogen and oxygen atoms in total. The monoisotopic (exact) mass is 813 g/mol. The van der Waals surface area contributed by atoms with Crippen LogP contribution >= 0.6 is 0 Å². The van der Waals surface area contributed by atoms with Crippen molar-refractivity contribution in [2.75, 3.05) is 4.90 Å². The molecule has 2 aliphatic heterocycles. The van der Waals surface area contributed by atoms with Gasteiger partial charge in [0.15, 0.2) is 0 Å². The van der Waals surface area contributed by atoms with Crippen LogP contribution in [0.5, 0.6) is 11.5 Å². The molecule has 0 saturated heterocycles. The molecule has 0 bridgehead atoms. The van der Waals surface area contributed by atoms with Crippen molar-refractivity contribution in [2.45, 2.75) is 10.8 Å². The number of ether oxygens (including phenoxy) is 1. The van der Waals surface area contributed by atoms with E-state index in [2.05, 4.69) is 241 Å². The third kappa shape index (κ3) is 4.49. The highest BCUT2D eigenvalue weighted by Crippen LogP contribution is 2.68. The van der Waals surface area contributed by atoms with Gasteiger partial charge in [-0.25, -0.2) is 0 Å². The summed E-state index contributed by atoms with van der Waals surface area (Å²) in [5, 5.41) is 0. The lowest BCUT2D eigenvalue weighted by molar-refractivity contribution is 0.434. The third-order valence-electron chi connectivity index (χ3n) is 14.5. The summed E-state index contributed by atoms with van der Waals surface area (Å²) in [6.45, 7) is 0. The molecule has 64 heavy (non-hydrogen) atoms. The molecule has 298 valence electrons. The molecule has 2 aliphatic carbocycles. The minimum absolute atomic E-state index is 0.468. The van der Waals surface area contributed by atoms with Crippen LogP contribution < -0.4 is 9.64 Å². The van der Waals surface area contributed by atoms with E-state index in [0.29, 0.717) is 0 Å². The number of fused-ring (bicyclic) bond motifs is 18. The molecule has 0 amide bonds. The van der Waals surface area contributed by atoms with E-state index in [1.165, 1.54) is 77.9 Å². The first kappa shape index (κ1) is 35.4. The first-order valence-corrected chi connectivity index (χ1v) is 22.3. The molecule has 0 atom stereocenters. The van der Waals surface area contributed by atoms with E-state index >= 15 is 0 Å². The molecule has 0 unspecified atom stereocenters. The topological polar surface area (TPSA) is 12.5 Å². The minimum atomic E-state index is -0.734. The van der Waals surface area contributed by atoms with Gasteiger partial charge in [0.1, 0.15) is 11.5 Å². The van der Waals surface area contributed by atoms with Gasteiger partial charge in [-0.1, -0.05) is 194 Å². The van der Waals surface area contributed by atoms with Gasteiger partial charge < -0.3 is 9.64 Å². The number of hydrogen-bond acceptors (Lipinski definition) is 2. The maximum Gasteiger partial charge on any atom is 0.132 e. The molecular weight excluding hydrogens is 775 g/mol. The minimum Gasteiger partial charge on any atom is -0.457 e. The van der Waals surface area contributed by atoms with Gasteiger partial charge in [0, 0.05) is 16.7 Å². The summed E-state index contributed by atoms with van der Waals surface area (Å²) in [7, 11) is 0. The van der Waals surface area contributed by atoms with Gasteiger partial charge in [-0.05, 0) is 115 Å². The highest BCUT2D eigenvalue weighted by atomic mass is 16.5. The fourth-order valence-corrected chi connectivity index (χ4v) is 12.1. The Balaban J connectivity index is 1.13. The van der Waals surface area contributed by atoms with Crippen LogP contribution in [0.3, 0.4) is 0 Å². The number of para-hydroxylation sites is 2. The van der Waals surface area contributed by atoms with Crippen molar-refractivity contribution < 1.29 is 4.74 Å². The van der Waals surface area contributed by atoms with Crippen LogP contribution in [0.15, 0.2) is 237 Å². The molecule has 2 heteroatoms. The fraction of sp³-hybridized carbons (Fsp3) is 0.0323. The molecule has 0 saturated carbocycles. The van der Waals surface area contributed by atoms with Gasteiger partial charge in [-0.2, -0.15) is 0 Å². The van der Waals surface area contributed by atoms with Crippen LogP contribution in [-0.2, 0) is 10.8 Å². The summed E-state index contributed by atoms with van der Waals surface area (Å²) in [4.78, 5) is 2.58. The number of hydrogen-bond donors (Lipinski definition) is 0. The number of anilines is 3. The highest BCUT2D eigenvalue weighted by Gasteiger charge is 2.55. The Morgan fingerprint density at radius 1 is 0.266 bits per heavy atom. The standard InChI is InChI=1S/C62H39NO/c1-3-18-40(19-4-1)42-34-36-55-53(38-42)62(50-28-13-15-32-58(50)64-59-33-16-14-29-51(59)62)54-39-43(41-20-5-2-6-21-41)35-37-56(54)63(55)57-31-17-30-52-60(57)46-24-9-12-27-49(46)61(52)47-25-10-7-22-44(47)45-23-8-11-26-48(45)61/h1-39H. The smallest absolute Gasteiger partial charge is 0.132 e. The van der Waals surface area contributed by atoms with Gasteiger partial charge in [0.25, 0.3) is 0 Å². The number of nitrogens with zero attached hydrogens (tertiary/aromatic N) is 1. The zero-order chi connectivity index (χ0) is 42.0. The Labute approximate surface area is 373 Å². The second-order valence-corrected chi connectivity index (χ2v) is 17.5. The van der Waals surface area contributed by atoms with Gasteiger partial charge in [0.05, 0.1) is 27.9 Å². The van der Waals surface area contributed by atoms with Crippen molar-refractivity contribution in [1.29, 1.82) is 0 Å². The molecule has 2 heterocycles. The molecule has 10 aromatic carbocycles.